The Morgan fingerprint density at radius 2 is 2.00 bits per heavy atom. The lowest BCUT2D eigenvalue weighted by Crippen LogP contribution is -2.37. The summed E-state index contributed by atoms with van der Waals surface area (Å²) in [5, 5.41) is 10.4. The van der Waals surface area contributed by atoms with Crippen LogP contribution in [0.1, 0.15) is 55.6 Å². The molecule has 1 atom stereocenters. The fraction of sp³-hybridized carbons (Fsp3) is 0.440. The quantitative estimate of drug-likeness (QED) is 0.489. The molecule has 2 aliphatic rings. The molecule has 5 rings (SSSR count). The van der Waals surface area contributed by atoms with Gasteiger partial charge in [-0.25, -0.2) is 4.98 Å². The van der Waals surface area contributed by atoms with E-state index in [-0.39, 0.29) is 30.4 Å². The van der Waals surface area contributed by atoms with E-state index in [0.29, 0.717) is 55.2 Å². The number of rotatable bonds is 8. The van der Waals surface area contributed by atoms with Gasteiger partial charge in [-0.1, -0.05) is 42.4 Å². The van der Waals surface area contributed by atoms with E-state index in [1.54, 1.807) is 4.90 Å². The van der Waals surface area contributed by atoms with Gasteiger partial charge in [-0.05, 0) is 20.3 Å². The van der Waals surface area contributed by atoms with Gasteiger partial charge in [-0.2, -0.15) is 9.97 Å². The largest absolute Gasteiger partial charge is 0.361 e. The standard InChI is InChI=1S/C25H30N8O3/c1-4-19(34)27-17-10-11-32(13-17)25-29-21-18(14-33(15(2)3)24(21)35)23(30-25)26-12-20-28-22(31-36-20)16-8-6-5-7-9-16/h5-9,15,17H,4,10-14H2,1-3H3,(H,27,34)(H,26,29,30). The summed E-state index contributed by atoms with van der Waals surface area (Å²) in [5.41, 5.74) is 2.04. The van der Waals surface area contributed by atoms with E-state index in [4.69, 9.17) is 9.51 Å². The number of nitrogens with zero attached hydrogens (tertiary/aromatic N) is 6. The van der Waals surface area contributed by atoms with Crippen molar-refractivity contribution in [2.24, 2.45) is 0 Å². The van der Waals surface area contributed by atoms with Crippen LogP contribution in [0.2, 0.25) is 0 Å². The molecule has 2 N–H and O–H groups in total. The van der Waals surface area contributed by atoms with Gasteiger partial charge in [0.05, 0.1) is 13.1 Å². The van der Waals surface area contributed by atoms with E-state index >= 15 is 0 Å². The summed E-state index contributed by atoms with van der Waals surface area (Å²) in [7, 11) is 0. The summed E-state index contributed by atoms with van der Waals surface area (Å²) in [6, 6.07) is 9.68. The van der Waals surface area contributed by atoms with Crippen molar-refractivity contribution in [3.8, 4) is 11.4 Å². The predicted molar refractivity (Wildman–Crippen MR) is 133 cm³/mol. The lowest BCUT2D eigenvalue weighted by atomic mass is 10.2. The van der Waals surface area contributed by atoms with Crippen LogP contribution in [0.15, 0.2) is 34.9 Å². The highest BCUT2D eigenvalue weighted by Crippen LogP contribution is 2.31. The third-order valence-corrected chi connectivity index (χ3v) is 6.47. The van der Waals surface area contributed by atoms with Crippen molar-refractivity contribution < 1.29 is 14.1 Å². The molecule has 3 aromatic rings. The van der Waals surface area contributed by atoms with Crippen LogP contribution in [0.3, 0.4) is 0 Å². The number of aromatic nitrogens is 4. The topological polar surface area (TPSA) is 129 Å². The molecule has 0 bridgehead atoms. The summed E-state index contributed by atoms with van der Waals surface area (Å²) >= 11 is 0. The zero-order valence-corrected chi connectivity index (χ0v) is 20.7. The molecule has 11 nitrogen and oxygen atoms in total. The van der Waals surface area contributed by atoms with Crippen molar-refractivity contribution in [2.75, 3.05) is 23.3 Å². The van der Waals surface area contributed by atoms with Gasteiger partial charge in [0.25, 0.3) is 5.91 Å². The number of fused-ring (bicyclic) bond motifs is 1. The van der Waals surface area contributed by atoms with Crippen molar-refractivity contribution >= 4 is 23.6 Å². The molecule has 11 heteroatoms. The monoisotopic (exact) mass is 490 g/mol. The molecule has 4 heterocycles. The van der Waals surface area contributed by atoms with Crippen molar-refractivity contribution in [2.45, 2.75) is 58.8 Å². The van der Waals surface area contributed by atoms with Crippen LogP contribution < -0.4 is 15.5 Å². The highest BCUT2D eigenvalue weighted by molar-refractivity contribution is 5.98. The maximum atomic E-state index is 13.1. The van der Waals surface area contributed by atoms with E-state index in [1.807, 2.05) is 56.0 Å². The zero-order chi connectivity index (χ0) is 25.2. The zero-order valence-electron chi connectivity index (χ0n) is 20.7. The Bertz CT molecular complexity index is 1260. The third-order valence-electron chi connectivity index (χ3n) is 6.47. The highest BCUT2D eigenvalue weighted by atomic mass is 16.5. The summed E-state index contributed by atoms with van der Waals surface area (Å²) in [6.07, 6.45) is 1.24. The van der Waals surface area contributed by atoms with Crippen LogP contribution >= 0.6 is 0 Å². The average molecular weight is 491 g/mol. The number of anilines is 2. The van der Waals surface area contributed by atoms with E-state index in [1.165, 1.54) is 0 Å². The van der Waals surface area contributed by atoms with Crippen molar-refractivity contribution in [1.82, 2.24) is 30.3 Å². The molecule has 2 aliphatic heterocycles. The Balaban J connectivity index is 1.38. The predicted octanol–water partition coefficient (Wildman–Crippen LogP) is 2.61. The molecule has 0 aliphatic carbocycles. The Hall–Kier alpha value is -4.02. The summed E-state index contributed by atoms with van der Waals surface area (Å²) < 4.78 is 5.44. The van der Waals surface area contributed by atoms with E-state index in [0.717, 1.165) is 17.5 Å². The van der Waals surface area contributed by atoms with Crippen LogP contribution in [0, 0.1) is 0 Å². The highest BCUT2D eigenvalue weighted by Gasteiger charge is 2.36. The van der Waals surface area contributed by atoms with Gasteiger partial charge in [-0.3, -0.25) is 9.59 Å². The summed E-state index contributed by atoms with van der Waals surface area (Å²) in [4.78, 5) is 42.7. The van der Waals surface area contributed by atoms with Crippen LogP contribution in [-0.2, 0) is 17.9 Å². The number of carbonyl (C=O) groups is 2. The first-order valence-corrected chi connectivity index (χ1v) is 12.3. The lowest BCUT2D eigenvalue weighted by molar-refractivity contribution is -0.121. The first kappa shape index (κ1) is 23.7. The number of nitrogens with one attached hydrogen (secondary N) is 2. The second-order valence-corrected chi connectivity index (χ2v) is 9.31. The number of amides is 2. The van der Waals surface area contributed by atoms with E-state index < -0.39 is 0 Å². The molecular formula is C25H30N8O3. The first-order chi connectivity index (χ1) is 17.4. The molecule has 1 fully saturated rings. The van der Waals surface area contributed by atoms with E-state index in [2.05, 4.69) is 25.8 Å². The van der Waals surface area contributed by atoms with Gasteiger partial charge < -0.3 is 25.0 Å². The van der Waals surface area contributed by atoms with Crippen molar-refractivity contribution in [1.29, 1.82) is 0 Å². The minimum absolute atomic E-state index is 0.0243. The molecule has 0 saturated carbocycles. The maximum Gasteiger partial charge on any atom is 0.273 e. The molecule has 1 unspecified atom stereocenters. The smallest absolute Gasteiger partial charge is 0.273 e. The van der Waals surface area contributed by atoms with Gasteiger partial charge in [0, 0.05) is 42.7 Å². The Morgan fingerprint density at radius 3 is 2.75 bits per heavy atom. The molecule has 36 heavy (non-hydrogen) atoms. The minimum atomic E-state index is -0.106. The maximum absolute atomic E-state index is 13.1. The molecule has 1 aromatic carbocycles. The number of hydrogen-bond donors (Lipinski definition) is 2. The number of carbonyl (C=O) groups excluding carboxylic acids is 2. The molecule has 1 saturated heterocycles. The summed E-state index contributed by atoms with van der Waals surface area (Å²) in [6.45, 7) is 7.78. The SMILES string of the molecule is CCC(=O)NC1CCN(c2nc(NCc3nc(-c4ccccc4)no3)c3c(n2)C(=O)N(C(C)C)C3)C1. The minimum Gasteiger partial charge on any atom is -0.361 e. The fourth-order valence-electron chi connectivity index (χ4n) is 4.46. The molecule has 0 radical (unpaired) electrons. The van der Waals surface area contributed by atoms with Crippen molar-refractivity contribution in [3.63, 3.8) is 0 Å². The lowest BCUT2D eigenvalue weighted by Gasteiger charge is -2.19. The van der Waals surface area contributed by atoms with Gasteiger partial charge in [0.15, 0.2) is 0 Å². The molecule has 2 aromatic heterocycles. The second-order valence-electron chi connectivity index (χ2n) is 9.31. The van der Waals surface area contributed by atoms with Gasteiger partial charge in [-0.15, -0.1) is 0 Å². The normalized spacial score (nSPS) is 17.1. The van der Waals surface area contributed by atoms with Crippen LogP contribution in [0.5, 0.6) is 0 Å². The number of hydrogen-bond acceptors (Lipinski definition) is 9. The van der Waals surface area contributed by atoms with Crippen molar-refractivity contribution in [3.05, 3.63) is 47.5 Å². The first-order valence-electron chi connectivity index (χ1n) is 12.3. The van der Waals surface area contributed by atoms with Gasteiger partial charge in [0.1, 0.15) is 11.5 Å². The van der Waals surface area contributed by atoms with Crippen LogP contribution in [0.4, 0.5) is 11.8 Å². The van der Waals surface area contributed by atoms with Gasteiger partial charge >= 0.3 is 0 Å². The Kier molecular flexibility index (Phi) is 6.53. The Labute approximate surface area is 209 Å². The second kappa shape index (κ2) is 9.92. The third kappa shape index (κ3) is 4.73. The van der Waals surface area contributed by atoms with E-state index in [9.17, 15) is 9.59 Å². The Morgan fingerprint density at radius 1 is 1.19 bits per heavy atom. The van der Waals surface area contributed by atoms with Crippen LogP contribution in [-0.4, -0.2) is 62.0 Å². The fourth-order valence-corrected chi connectivity index (χ4v) is 4.46. The van der Waals surface area contributed by atoms with Crippen LogP contribution in [0.25, 0.3) is 11.4 Å². The van der Waals surface area contributed by atoms with Gasteiger partial charge in [0.2, 0.25) is 23.6 Å². The number of benzene rings is 1. The molecule has 2 amide bonds. The average Bonchev–Trinajstić information content (AvgIpc) is 3.62. The molecule has 0 spiro atoms. The summed E-state index contributed by atoms with van der Waals surface area (Å²) in [5.74, 6) is 1.89. The molecular weight excluding hydrogens is 460 g/mol. The molecule has 188 valence electrons.